The molecule has 2 rings (SSSR count). The SMILES string of the molecule is Cc1ccccc1N(C)Cc1ccc(C(C)C(=O)O)cc1. The summed E-state index contributed by atoms with van der Waals surface area (Å²) in [5.74, 6) is -1.26. The molecule has 0 fully saturated rings. The van der Waals surface area contributed by atoms with Gasteiger partial charge in [-0.25, -0.2) is 0 Å². The Morgan fingerprint density at radius 1 is 1.14 bits per heavy atom. The molecule has 0 aliphatic heterocycles. The van der Waals surface area contributed by atoms with Crippen molar-refractivity contribution in [2.24, 2.45) is 0 Å². The lowest BCUT2D eigenvalue weighted by atomic mass is 10.00. The van der Waals surface area contributed by atoms with E-state index >= 15 is 0 Å². The van der Waals surface area contributed by atoms with Crippen LogP contribution in [0, 0.1) is 6.92 Å². The summed E-state index contributed by atoms with van der Waals surface area (Å²) in [6.07, 6.45) is 0. The second kappa shape index (κ2) is 6.44. The third-order valence-corrected chi connectivity index (χ3v) is 3.80. The first-order chi connectivity index (χ1) is 9.99. The Bertz CT molecular complexity index is 619. The number of nitrogens with zero attached hydrogens (tertiary/aromatic N) is 1. The predicted molar refractivity (Wildman–Crippen MR) is 85.8 cm³/mol. The van der Waals surface area contributed by atoms with E-state index in [4.69, 9.17) is 5.11 Å². The quantitative estimate of drug-likeness (QED) is 0.907. The maximum atomic E-state index is 11.0. The van der Waals surface area contributed by atoms with Gasteiger partial charge < -0.3 is 10.0 Å². The zero-order valence-electron chi connectivity index (χ0n) is 12.7. The second-order valence-electron chi connectivity index (χ2n) is 5.44. The third kappa shape index (κ3) is 3.63. The molecule has 0 aliphatic carbocycles. The van der Waals surface area contributed by atoms with E-state index in [0.29, 0.717) is 0 Å². The average molecular weight is 283 g/mol. The molecule has 0 amide bonds. The van der Waals surface area contributed by atoms with Crippen LogP contribution in [0.3, 0.4) is 0 Å². The molecule has 0 aliphatic rings. The molecular weight excluding hydrogens is 262 g/mol. The van der Waals surface area contributed by atoms with Gasteiger partial charge in [-0.05, 0) is 36.6 Å². The Labute approximate surface area is 125 Å². The fourth-order valence-corrected chi connectivity index (χ4v) is 2.41. The molecule has 1 N–H and O–H groups in total. The normalized spacial score (nSPS) is 12.0. The van der Waals surface area contributed by atoms with Gasteiger partial charge in [-0.1, -0.05) is 42.5 Å². The summed E-state index contributed by atoms with van der Waals surface area (Å²) in [4.78, 5) is 13.2. The standard InChI is InChI=1S/C18H21NO2/c1-13-6-4-5-7-17(13)19(3)12-15-8-10-16(11-9-15)14(2)18(20)21/h4-11,14H,12H2,1-3H3,(H,20,21). The Morgan fingerprint density at radius 3 is 2.33 bits per heavy atom. The largest absolute Gasteiger partial charge is 0.481 e. The van der Waals surface area contributed by atoms with Crippen LogP contribution in [-0.2, 0) is 11.3 Å². The molecule has 3 heteroatoms. The third-order valence-electron chi connectivity index (χ3n) is 3.80. The zero-order chi connectivity index (χ0) is 15.4. The molecule has 2 aromatic carbocycles. The van der Waals surface area contributed by atoms with E-state index in [9.17, 15) is 4.79 Å². The minimum atomic E-state index is -0.792. The predicted octanol–water partition coefficient (Wildman–Crippen LogP) is 3.82. The average Bonchev–Trinajstić information content (AvgIpc) is 2.47. The number of rotatable bonds is 5. The van der Waals surface area contributed by atoms with Crippen LogP contribution in [0.2, 0.25) is 0 Å². The van der Waals surface area contributed by atoms with Crippen molar-refractivity contribution in [3.63, 3.8) is 0 Å². The summed E-state index contributed by atoms with van der Waals surface area (Å²) in [7, 11) is 2.07. The maximum Gasteiger partial charge on any atom is 0.310 e. The van der Waals surface area contributed by atoms with Crippen LogP contribution in [0.4, 0.5) is 5.69 Å². The van der Waals surface area contributed by atoms with E-state index in [1.807, 2.05) is 36.4 Å². The van der Waals surface area contributed by atoms with Crippen LogP contribution in [-0.4, -0.2) is 18.1 Å². The van der Waals surface area contributed by atoms with Gasteiger partial charge >= 0.3 is 5.97 Å². The number of carboxylic acid groups (broad SMARTS) is 1. The smallest absolute Gasteiger partial charge is 0.310 e. The van der Waals surface area contributed by atoms with Gasteiger partial charge in [0.15, 0.2) is 0 Å². The summed E-state index contributed by atoms with van der Waals surface area (Å²) in [6.45, 7) is 4.60. The first-order valence-electron chi connectivity index (χ1n) is 7.07. The highest BCUT2D eigenvalue weighted by Gasteiger charge is 2.13. The minimum Gasteiger partial charge on any atom is -0.481 e. The number of carbonyl (C=O) groups is 1. The number of anilines is 1. The fourth-order valence-electron chi connectivity index (χ4n) is 2.41. The molecule has 0 aromatic heterocycles. The van der Waals surface area contributed by atoms with Crippen molar-refractivity contribution in [2.75, 3.05) is 11.9 Å². The number of hydrogen-bond acceptors (Lipinski definition) is 2. The van der Waals surface area contributed by atoms with Crippen molar-refractivity contribution in [2.45, 2.75) is 26.3 Å². The van der Waals surface area contributed by atoms with Crippen LogP contribution in [0.25, 0.3) is 0 Å². The number of benzene rings is 2. The molecule has 0 radical (unpaired) electrons. The molecule has 2 aromatic rings. The molecule has 0 heterocycles. The highest BCUT2D eigenvalue weighted by Crippen LogP contribution is 2.21. The molecule has 3 nitrogen and oxygen atoms in total. The Balaban J connectivity index is 2.10. The number of aryl methyl sites for hydroxylation is 1. The number of aliphatic carboxylic acids is 1. The van der Waals surface area contributed by atoms with Gasteiger partial charge in [0.2, 0.25) is 0 Å². The Hall–Kier alpha value is -2.29. The fraction of sp³-hybridized carbons (Fsp3) is 0.278. The summed E-state index contributed by atoms with van der Waals surface area (Å²) in [6, 6.07) is 16.1. The first-order valence-corrected chi connectivity index (χ1v) is 7.07. The zero-order valence-corrected chi connectivity index (χ0v) is 12.7. The molecule has 0 saturated carbocycles. The van der Waals surface area contributed by atoms with Gasteiger partial charge in [0.25, 0.3) is 0 Å². The van der Waals surface area contributed by atoms with Gasteiger partial charge in [-0.3, -0.25) is 4.79 Å². The highest BCUT2D eigenvalue weighted by molar-refractivity contribution is 5.75. The van der Waals surface area contributed by atoms with Gasteiger partial charge in [-0.15, -0.1) is 0 Å². The molecule has 1 atom stereocenters. The lowest BCUT2D eigenvalue weighted by Gasteiger charge is -2.21. The summed E-state index contributed by atoms with van der Waals surface area (Å²) >= 11 is 0. The number of carboxylic acids is 1. The molecule has 0 bridgehead atoms. The topological polar surface area (TPSA) is 40.5 Å². The van der Waals surface area contributed by atoms with Crippen molar-refractivity contribution >= 4 is 11.7 Å². The molecule has 0 saturated heterocycles. The summed E-state index contributed by atoms with van der Waals surface area (Å²) < 4.78 is 0. The minimum absolute atomic E-state index is 0.465. The van der Waals surface area contributed by atoms with E-state index in [0.717, 1.165) is 12.1 Å². The van der Waals surface area contributed by atoms with Crippen LogP contribution in [0.5, 0.6) is 0 Å². The monoisotopic (exact) mass is 283 g/mol. The van der Waals surface area contributed by atoms with Crippen LogP contribution in [0.1, 0.15) is 29.5 Å². The molecular formula is C18H21NO2. The molecule has 0 spiro atoms. The van der Waals surface area contributed by atoms with Crippen LogP contribution >= 0.6 is 0 Å². The first kappa shape index (κ1) is 15.1. The van der Waals surface area contributed by atoms with Crippen molar-refractivity contribution in [3.8, 4) is 0 Å². The lowest BCUT2D eigenvalue weighted by Crippen LogP contribution is -2.17. The maximum absolute atomic E-state index is 11.0. The molecule has 110 valence electrons. The summed E-state index contributed by atoms with van der Waals surface area (Å²) in [5, 5.41) is 9.02. The highest BCUT2D eigenvalue weighted by atomic mass is 16.4. The second-order valence-corrected chi connectivity index (χ2v) is 5.44. The molecule has 1 unspecified atom stereocenters. The van der Waals surface area contributed by atoms with E-state index in [1.54, 1.807) is 6.92 Å². The number of hydrogen-bond donors (Lipinski definition) is 1. The van der Waals surface area contributed by atoms with E-state index in [2.05, 4.69) is 31.0 Å². The van der Waals surface area contributed by atoms with E-state index < -0.39 is 11.9 Å². The number of para-hydroxylation sites is 1. The van der Waals surface area contributed by atoms with Crippen LogP contribution in [0.15, 0.2) is 48.5 Å². The van der Waals surface area contributed by atoms with Gasteiger partial charge in [-0.2, -0.15) is 0 Å². The van der Waals surface area contributed by atoms with Gasteiger partial charge in [0.05, 0.1) is 5.92 Å². The van der Waals surface area contributed by atoms with Gasteiger partial charge in [0.1, 0.15) is 0 Å². The van der Waals surface area contributed by atoms with Gasteiger partial charge in [0, 0.05) is 19.3 Å². The van der Waals surface area contributed by atoms with E-state index in [-0.39, 0.29) is 0 Å². The van der Waals surface area contributed by atoms with Crippen molar-refractivity contribution in [1.82, 2.24) is 0 Å². The summed E-state index contributed by atoms with van der Waals surface area (Å²) in [5.41, 5.74) is 4.46. The van der Waals surface area contributed by atoms with Crippen LogP contribution < -0.4 is 4.90 Å². The van der Waals surface area contributed by atoms with Crippen molar-refractivity contribution in [3.05, 3.63) is 65.2 Å². The Morgan fingerprint density at radius 2 is 1.76 bits per heavy atom. The Kier molecular flexibility index (Phi) is 4.63. The van der Waals surface area contributed by atoms with E-state index in [1.165, 1.54) is 16.8 Å². The van der Waals surface area contributed by atoms with Crippen molar-refractivity contribution < 1.29 is 9.90 Å². The lowest BCUT2D eigenvalue weighted by molar-refractivity contribution is -0.138. The molecule has 21 heavy (non-hydrogen) atoms. The van der Waals surface area contributed by atoms with Crippen molar-refractivity contribution in [1.29, 1.82) is 0 Å².